The number of halogens is 1. The number of aromatic nitrogens is 3. The Bertz CT molecular complexity index is 1160. The van der Waals surface area contributed by atoms with Crippen molar-refractivity contribution in [3.63, 3.8) is 0 Å². The number of hydrogen-bond acceptors (Lipinski definition) is 5. The molecule has 1 saturated carbocycles. The predicted octanol–water partition coefficient (Wildman–Crippen LogP) is 3.65. The summed E-state index contributed by atoms with van der Waals surface area (Å²) in [6.45, 7) is 2.13. The zero-order valence-electron chi connectivity index (χ0n) is 15.7. The van der Waals surface area contributed by atoms with Gasteiger partial charge in [0.1, 0.15) is 17.0 Å². The van der Waals surface area contributed by atoms with Crippen molar-refractivity contribution in [1.29, 1.82) is 5.26 Å². The molecule has 0 unspecified atom stereocenters. The normalized spacial score (nSPS) is 14.6. The first-order valence-corrected chi connectivity index (χ1v) is 9.65. The molecule has 6 nitrogen and oxygen atoms in total. The molecule has 0 aliphatic heterocycles. The van der Waals surface area contributed by atoms with Gasteiger partial charge < -0.3 is 5.32 Å². The second-order valence-corrected chi connectivity index (χ2v) is 7.71. The third-order valence-electron chi connectivity index (χ3n) is 5.36. The standard InChI is InChI=1S/C21H20ClN5O/c1-12(14-4-5-14)25-20-16-10-13(3-6-18(16)27(2)21(28)26-20)9-15-7-8-24-19(22)17(15)11-23/h3,6-8,10,12,14H,4-5,9H2,1-2H3,(H,25,26,28)/t12-/m1/s1. The molecular formula is C21H20ClN5O. The van der Waals surface area contributed by atoms with Crippen LogP contribution in [0.4, 0.5) is 5.82 Å². The third-order valence-corrected chi connectivity index (χ3v) is 5.65. The van der Waals surface area contributed by atoms with Crippen LogP contribution in [0.1, 0.15) is 36.5 Å². The average molecular weight is 394 g/mol. The average Bonchev–Trinajstić information content (AvgIpc) is 3.51. The van der Waals surface area contributed by atoms with E-state index >= 15 is 0 Å². The Morgan fingerprint density at radius 1 is 1.39 bits per heavy atom. The van der Waals surface area contributed by atoms with E-state index in [1.54, 1.807) is 17.8 Å². The van der Waals surface area contributed by atoms with E-state index in [9.17, 15) is 10.1 Å². The molecule has 0 radical (unpaired) electrons. The number of fused-ring (bicyclic) bond motifs is 1. The lowest BCUT2D eigenvalue weighted by Crippen LogP contribution is -2.25. The summed E-state index contributed by atoms with van der Waals surface area (Å²) in [6.07, 6.45) is 4.57. The van der Waals surface area contributed by atoms with E-state index in [0.29, 0.717) is 23.7 Å². The maximum absolute atomic E-state index is 12.3. The van der Waals surface area contributed by atoms with Crippen molar-refractivity contribution in [2.75, 3.05) is 5.32 Å². The molecule has 28 heavy (non-hydrogen) atoms. The van der Waals surface area contributed by atoms with Gasteiger partial charge in [0.25, 0.3) is 0 Å². The Balaban J connectivity index is 1.77. The van der Waals surface area contributed by atoms with Gasteiger partial charge in [-0.25, -0.2) is 9.78 Å². The molecule has 1 aliphatic rings. The number of aryl methyl sites for hydroxylation is 1. The number of nitrogens with one attached hydrogen (secondary N) is 1. The van der Waals surface area contributed by atoms with Crippen LogP contribution in [-0.4, -0.2) is 20.6 Å². The molecule has 4 rings (SSSR count). The van der Waals surface area contributed by atoms with E-state index in [1.807, 2.05) is 24.3 Å². The van der Waals surface area contributed by atoms with E-state index in [-0.39, 0.29) is 16.9 Å². The van der Waals surface area contributed by atoms with Gasteiger partial charge in [0, 0.05) is 24.7 Å². The fraction of sp³-hybridized carbons (Fsp3) is 0.333. The maximum atomic E-state index is 12.3. The zero-order chi connectivity index (χ0) is 19.8. The van der Waals surface area contributed by atoms with Gasteiger partial charge in [-0.05, 0) is 61.4 Å². The minimum Gasteiger partial charge on any atom is -0.367 e. The molecule has 2 aromatic heterocycles. The lowest BCUT2D eigenvalue weighted by Gasteiger charge is -2.17. The molecule has 3 aromatic rings. The third kappa shape index (κ3) is 3.46. The van der Waals surface area contributed by atoms with Crippen molar-refractivity contribution in [2.45, 2.75) is 32.2 Å². The van der Waals surface area contributed by atoms with Crippen molar-refractivity contribution in [3.8, 4) is 6.07 Å². The topological polar surface area (TPSA) is 83.6 Å². The van der Waals surface area contributed by atoms with Crippen LogP contribution in [-0.2, 0) is 13.5 Å². The lowest BCUT2D eigenvalue weighted by molar-refractivity contribution is 0.689. The summed E-state index contributed by atoms with van der Waals surface area (Å²) in [6, 6.07) is 10.1. The minimum atomic E-state index is -0.279. The molecule has 1 aliphatic carbocycles. The second-order valence-electron chi connectivity index (χ2n) is 7.35. The summed E-state index contributed by atoms with van der Waals surface area (Å²) in [5, 5.41) is 13.9. The summed E-state index contributed by atoms with van der Waals surface area (Å²) in [7, 11) is 1.72. The number of nitriles is 1. The highest BCUT2D eigenvalue weighted by molar-refractivity contribution is 6.30. The summed E-state index contributed by atoms with van der Waals surface area (Å²) in [5.41, 5.74) is 2.76. The fourth-order valence-corrected chi connectivity index (χ4v) is 3.73. The monoisotopic (exact) mass is 393 g/mol. The van der Waals surface area contributed by atoms with E-state index in [4.69, 9.17) is 11.6 Å². The summed E-state index contributed by atoms with van der Waals surface area (Å²) in [5.74, 6) is 1.26. The van der Waals surface area contributed by atoms with Gasteiger partial charge in [0.15, 0.2) is 0 Å². The Labute approximate surface area is 167 Å². The van der Waals surface area contributed by atoms with E-state index < -0.39 is 0 Å². The van der Waals surface area contributed by atoms with Gasteiger partial charge in [0.05, 0.1) is 11.1 Å². The van der Waals surface area contributed by atoms with Gasteiger partial charge in [-0.3, -0.25) is 4.57 Å². The van der Waals surface area contributed by atoms with Crippen LogP contribution < -0.4 is 11.0 Å². The smallest absolute Gasteiger partial charge is 0.349 e. The van der Waals surface area contributed by atoms with Crippen LogP contribution in [0, 0.1) is 17.2 Å². The largest absolute Gasteiger partial charge is 0.367 e. The first kappa shape index (κ1) is 18.5. The fourth-order valence-electron chi connectivity index (χ4n) is 3.51. The Hall–Kier alpha value is -2.91. The molecule has 1 aromatic carbocycles. The first-order valence-electron chi connectivity index (χ1n) is 9.27. The van der Waals surface area contributed by atoms with E-state index in [2.05, 4.69) is 28.3 Å². The molecule has 0 saturated heterocycles. The van der Waals surface area contributed by atoms with Crippen LogP contribution in [0.25, 0.3) is 10.9 Å². The second kappa shape index (κ2) is 7.25. The minimum absolute atomic E-state index is 0.213. The van der Waals surface area contributed by atoms with Crippen LogP contribution in [0.15, 0.2) is 35.3 Å². The van der Waals surface area contributed by atoms with Crippen molar-refractivity contribution in [3.05, 3.63) is 62.8 Å². The van der Waals surface area contributed by atoms with Crippen molar-refractivity contribution in [2.24, 2.45) is 13.0 Å². The SMILES string of the molecule is C[C@@H](Nc1nc(=O)n(C)c2ccc(Cc3ccnc(Cl)c3C#N)cc12)C1CC1. The molecule has 1 atom stereocenters. The van der Waals surface area contributed by atoms with E-state index in [1.165, 1.54) is 12.8 Å². The maximum Gasteiger partial charge on any atom is 0.349 e. The van der Waals surface area contributed by atoms with Crippen molar-refractivity contribution < 1.29 is 0 Å². The van der Waals surface area contributed by atoms with Gasteiger partial charge in [-0.15, -0.1) is 0 Å². The quantitative estimate of drug-likeness (QED) is 0.669. The highest BCUT2D eigenvalue weighted by Crippen LogP contribution is 2.34. The highest BCUT2D eigenvalue weighted by Gasteiger charge is 2.28. The number of pyridine rings is 1. The molecule has 0 spiro atoms. The lowest BCUT2D eigenvalue weighted by atomic mass is 10.0. The number of benzene rings is 1. The number of nitrogens with zero attached hydrogens (tertiary/aromatic N) is 4. The van der Waals surface area contributed by atoms with E-state index in [0.717, 1.165) is 22.0 Å². The molecule has 1 N–H and O–H groups in total. The zero-order valence-corrected chi connectivity index (χ0v) is 16.5. The van der Waals surface area contributed by atoms with Crippen LogP contribution in [0.3, 0.4) is 0 Å². The van der Waals surface area contributed by atoms with Gasteiger partial charge in [0.2, 0.25) is 0 Å². The summed E-state index contributed by atoms with van der Waals surface area (Å²) >= 11 is 6.06. The Kier molecular flexibility index (Phi) is 4.78. The molecule has 0 bridgehead atoms. The summed E-state index contributed by atoms with van der Waals surface area (Å²) < 4.78 is 1.55. The molecule has 142 valence electrons. The molecule has 7 heteroatoms. The number of rotatable bonds is 5. The first-order chi connectivity index (χ1) is 13.5. The Morgan fingerprint density at radius 2 is 2.18 bits per heavy atom. The van der Waals surface area contributed by atoms with Gasteiger partial charge in [-0.2, -0.15) is 10.2 Å². The predicted molar refractivity (Wildman–Crippen MR) is 110 cm³/mol. The highest BCUT2D eigenvalue weighted by atomic mass is 35.5. The molecular weight excluding hydrogens is 374 g/mol. The summed E-state index contributed by atoms with van der Waals surface area (Å²) in [4.78, 5) is 20.5. The van der Waals surface area contributed by atoms with Crippen LogP contribution >= 0.6 is 11.6 Å². The van der Waals surface area contributed by atoms with Crippen LogP contribution in [0.5, 0.6) is 0 Å². The van der Waals surface area contributed by atoms with Crippen molar-refractivity contribution >= 4 is 28.3 Å². The number of hydrogen-bond donors (Lipinski definition) is 1. The number of anilines is 1. The molecule has 0 amide bonds. The van der Waals surface area contributed by atoms with Crippen LogP contribution in [0.2, 0.25) is 5.15 Å². The molecule has 1 fully saturated rings. The van der Waals surface area contributed by atoms with Gasteiger partial charge >= 0.3 is 5.69 Å². The van der Waals surface area contributed by atoms with Gasteiger partial charge in [-0.1, -0.05) is 17.7 Å². The van der Waals surface area contributed by atoms with Crippen molar-refractivity contribution in [1.82, 2.24) is 14.5 Å². The molecule has 2 heterocycles. The Morgan fingerprint density at radius 3 is 2.89 bits per heavy atom.